The third kappa shape index (κ3) is 3.59. The van der Waals surface area contributed by atoms with Crippen LogP contribution < -0.4 is 10.1 Å². The normalized spacial score (nSPS) is 12.5. The van der Waals surface area contributed by atoms with Crippen molar-refractivity contribution in [1.82, 2.24) is 25.1 Å². The van der Waals surface area contributed by atoms with Crippen molar-refractivity contribution < 1.29 is 18.6 Å². The Morgan fingerprint density at radius 1 is 1.21 bits per heavy atom. The van der Waals surface area contributed by atoms with Gasteiger partial charge in [0, 0.05) is 16.8 Å². The molecule has 0 saturated heterocycles. The molecule has 1 unspecified atom stereocenters. The first-order valence-electron chi connectivity index (χ1n) is 8.04. The SMILES string of the molecule is OC(Nc1cn[nH]c1-c1cc(Cl)ccc1OC(F)F)c1cnc2[nH]ccc2n1. The molecule has 0 bridgehead atoms. The summed E-state index contributed by atoms with van der Waals surface area (Å²) in [6.07, 6.45) is 3.28. The van der Waals surface area contributed by atoms with Crippen LogP contribution in [0.1, 0.15) is 11.9 Å². The number of aliphatic hydroxyl groups excluding tert-OH is 1. The Morgan fingerprint density at radius 2 is 2.07 bits per heavy atom. The Morgan fingerprint density at radius 3 is 2.89 bits per heavy atom. The molecule has 3 heterocycles. The molecule has 0 saturated carbocycles. The van der Waals surface area contributed by atoms with Crippen molar-refractivity contribution in [3.63, 3.8) is 0 Å². The molecule has 11 heteroatoms. The van der Waals surface area contributed by atoms with Crippen molar-refractivity contribution >= 4 is 28.5 Å². The number of alkyl halides is 2. The monoisotopic (exact) mass is 406 g/mol. The maximum absolute atomic E-state index is 12.7. The number of aromatic amines is 2. The van der Waals surface area contributed by atoms with Gasteiger partial charge in [0.05, 0.1) is 23.8 Å². The van der Waals surface area contributed by atoms with Crippen molar-refractivity contribution in [3.05, 3.63) is 53.6 Å². The van der Waals surface area contributed by atoms with E-state index < -0.39 is 12.8 Å². The Balaban J connectivity index is 1.65. The molecule has 0 aliphatic heterocycles. The average molecular weight is 407 g/mol. The predicted molar refractivity (Wildman–Crippen MR) is 98.1 cm³/mol. The van der Waals surface area contributed by atoms with Crippen molar-refractivity contribution in [2.45, 2.75) is 12.8 Å². The molecule has 4 rings (SSSR count). The van der Waals surface area contributed by atoms with E-state index >= 15 is 0 Å². The number of nitrogens with one attached hydrogen (secondary N) is 3. The van der Waals surface area contributed by atoms with Gasteiger partial charge in [-0.2, -0.15) is 13.9 Å². The van der Waals surface area contributed by atoms with E-state index in [2.05, 4.69) is 35.2 Å². The zero-order chi connectivity index (χ0) is 19.7. The third-order valence-corrected chi connectivity index (χ3v) is 4.15. The molecule has 8 nitrogen and oxygen atoms in total. The molecule has 3 aromatic heterocycles. The number of rotatable bonds is 6. The number of H-pyrrole nitrogens is 2. The highest BCUT2D eigenvalue weighted by Gasteiger charge is 2.19. The lowest BCUT2D eigenvalue weighted by Gasteiger charge is -2.15. The topological polar surface area (TPSA) is 112 Å². The minimum Gasteiger partial charge on any atom is -0.434 e. The first-order valence-corrected chi connectivity index (χ1v) is 8.42. The fourth-order valence-electron chi connectivity index (χ4n) is 2.69. The predicted octanol–water partition coefficient (Wildman–Crippen LogP) is 3.71. The zero-order valence-electron chi connectivity index (χ0n) is 14.0. The van der Waals surface area contributed by atoms with E-state index in [9.17, 15) is 13.9 Å². The van der Waals surface area contributed by atoms with Crippen LogP contribution in [0.2, 0.25) is 5.02 Å². The minimum absolute atomic E-state index is 0.0882. The van der Waals surface area contributed by atoms with E-state index in [4.69, 9.17) is 11.6 Å². The van der Waals surface area contributed by atoms with Crippen LogP contribution in [0.5, 0.6) is 5.75 Å². The molecule has 1 aromatic carbocycles. The van der Waals surface area contributed by atoms with E-state index in [0.29, 0.717) is 27.6 Å². The molecule has 0 aliphatic carbocycles. The second-order valence-electron chi connectivity index (χ2n) is 5.73. The first-order chi connectivity index (χ1) is 13.5. The molecule has 144 valence electrons. The van der Waals surface area contributed by atoms with E-state index in [1.165, 1.54) is 30.6 Å². The van der Waals surface area contributed by atoms with Gasteiger partial charge in [0.25, 0.3) is 0 Å². The second-order valence-corrected chi connectivity index (χ2v) is 6.17. The molecular formula is C17H13ClF2N6O2. The molecule has 1 atom stereocenters. The van der Waals surface area contributed by atoms with Gasteiger partial charge in [-0.15, -0.1) is 0 Å². The molecule has 0 fully saturated rings. The smallest absolute Gasteiger partial charge is 0.387 e. The van der Waals surface area contributed by atoms with Gasteiger partial charge in [0.1, 0.15) is 17.0 Å². The summed E-state index contributed by atoms with van der Waals surface area (Å²) in [5.41, 5.74) is 2.36. The number of aromatic nitrogens is 5. The molecule has 0 radical (unpaired) electrons. The summed E-state index contributed by atoms with van der Waals surface area (Å²) in [7, 11) is 0. The van der Waals surface area contributed by atoms with Crippen molar-refractivity contribution in [2.24, 2.45) is 0 Å². The van der Waals surface area contributed by atoms with Crippen LogP contribution in [-0.2, 0) is 0 Å². The molecule has 0 amide bonds. The maximum atomic E-state index is 12.7. The number of fused-ring (bicyclic) bond motifs is 1. The Hall–Kier alpha value is -3.24. The van der Waals surface area contributed by atoms with Gasteiger partial charge < -0.3 is 20.1 Å². The Kier molecular flexibility index (Phi) is 4.80. The largest absolute Gasteiger partial charge is 0.434 e. The van der Waals surface area contributed by atoms with Crippen molar-refractivity contribution in [1.29, 1.82) is 0 Å². The lowest BCUT2D eigenvalue weighted by molar-refractivity contribution is -0.0494. The number of nitrogens with zero attached hydrogens (tertiary/aromatic N) is 3. The standard InChI is InChI=1S/C17H13ClF2N6O2/c18-8-1-2-13(28-17(19)20)9(5-8)14-11(7-23-26-14)25-16(27)12-6-22-15-10(24-12)3-4-21-15/h1-7,16-17,25,27H,(H,21,22)(H,23,26). The van der Waals surface area contributed by atoms with Gasteiger partial charge in [0.2, 0.25) is 0 Å². The molecule has 28 heavy (non-hydrogen) atoms. The highest BCUT2D eigenvalue weighted by molar-refractivity contribution is 6.31. The molecular weight excluding hydrogens is 394 g/mol. The highest BCUT2D eigenvalue weighted by Crippen LogP contribution is 2.37. The van der Waals surface area contributed by atoms with Crippen LogP contribution in [0.15, 0.2) is 42.9 Å². The summed E-state index contributed by atoms with van der Waals surface area (Å²) in [6, 6.07) is 5.94. The zero-order valence-corrected chi connectivity index (χ0v) is 14.8. The number of halogens is 3. The first kappa shape index (κ1) is 18.1. The van der Waals surface area contributed by atoms with Crippen molar-refractivity contribution in [3.8, 4) is 17.0 Å². The number of aliphatic hydroxyl groups is 1. The van der Waals surface area contributed by atoms with Crippen LogP contribution in [-0.4, -0.2) is 36.9 Å². The fourth-order valence-corrected chi connectivity index (χ4v) is 2.87. The van der Waals surface area contributed by atoms with Gasteiger partial charge in [-0.3, -0.25) is 5.10 Å². The maximum Gasteiger partial charge on any atom is 0.387 e. The van der Waals surface area contributed by atoms with Crippen LogP contribution in [0.25, 0.3) is 22.4 Å². The summed E-state index contributed by atoms with van der Waals surface area (Å²) in [6.45, 7) is -3.01. The number of hydrogen-bond acceptors (Lipinski definition) is 6. The Bertz CT molecular complexity index is 1120. The van der Waals surface area contributed by atoms with E-state index in [1.54, 1.807) is 12.3 Å². The highest BCUT2D eigenvalue weighted by atomic mass is 35.5. The van der Waals surface area contributed by atoms with Crippen LogP contribution in [0.4, 0.5) is 14.5 Å². The van der Waals surface area contributed by atoms with E-state index in [-0.39, 0.29) is 17.0 Å². The number of anilines is 1. The van der Waals surface area contributed by atoms with Gasteiger partial charge in [-0.1, -0.05) is 11.6 Å². The summed E-state index contributed by atoms with van der Waals surface area (Å²) in [5.74, 6) is -0.0882. The average Bonchev–Trinajstić information content (AvgIpc) is 3.31. The summed E-state index contributed by atoms with van der Waals surface area (Å²) in [4.78, 5) is 11.4. The minimum atomic E-state index is -3.01. The van der Waals surface area contributed by atoms with Crippen LogP contribution >= 0.6 is 11.6 Å². The molecule has 4 aromatic rings. The number of hydrogen-bond donors (Lipinski definition) is 4. The van der Waals surface area contributed by atoms with Crippen LogP contribution in [0, 0.1) is 0 Å². The summed E-state index contributed by atoms with van der Waals surface area (Å²) < 4.78 is 30.0. The summed E-state index contributed by atoms with van der Waals surface area (Å²) in [5, 5.41) is 20.2. The lowest BCUT2D eigenvalue weighted by Crippen LogP contribution is -2.12. The molecule has 0 spiro atoms. The van der Waals surface area contributed by atoms with Gasteiger partial charge in [-0.25, -0.2) is 9.97 Å². The number of benzene rings is 1. The third-order valence-electron chi connectivity index (χ3n) is 3.92. The van der Waals surface area contributed by atoms with Gasteiger partial charge in [-0.05, 0) is 24.3 Å². The molecule has 4 N–H and O–H groups in total. The van der Waals surface area contributed by atoms with Gasteiger partial charge >= 0.3 is 6.61 Å². The lowest BCUT2D eigenvalue weighted by atomic mass is 10.1. The van der Waals surface area contributed by atoms with Crippen molar-refractivity contribution in [2.75, 3.05) is 5.32 Å². The summed E-state index contributed by atoms with van der Waals surface area (Å²) >= 11 is 6.00. The van der Waals surface area contributed by atoms with E-state index in [0.717, 1.165) is 0 Å². The number of ether oxygens (including phenoxy) is 1. The molecule has 0 aliphatic rings. The second kappa shape index (κ2) is 7.41. The quantitative estimate of drug-likeness (QED) is 0.363. The fraction of sp³-hybridized carbons (Fsp3) is 0.118. The van der Waals surface area contributed by atoms with E-state index in [1.807, 2.05) is 0 Å². The van der Waals surface area contributed by atoms with Gasteiger partial charge in [0.15, 0.2) is 11.9 Å². The Labute approximate surface area is 161 Å². The van der Waals surface area contributed by atoms with Crippen LogP contribution in [0.3, 0.4) is 0 Å².